The van der Waals surface area contributed by atoms with Gasteiger partial charge in [-0.25, -0.2) is 8.78 Å². The number of rotatable bonds is 6. The van der Waals surface area contributed by atoms with Gasteiger partial charge in [0.05, 0.1) is 11.6 Å². The lowest BCUT2D eigenvalue weighted by molar-refractivity contribution is -0.121. The number of nitrogens with zero attached hydrogens (tertiary/aromatic N) is 3. The smallest absolute Gasteiger partial charge is 0.222 e. The number of nitrogens with two attached hydrogens (primary N) is 1. The maximum atomic E-state index is 14.0. The van der Waals surface area contributed by atoms with Gasteiger partial charge in [0.1, 0.15) is 11.6 Å². The molecule has 0 saturated carbocycles. The molecule has 0 aliphatic carbocycles. The number of carbonyl (C=O) groups excluding carboxylic acids is 1. The highest BCUT2D eigenvalue weighted by molar-refractivity contribution is 14.0. The summed E-state index contributed by atoms with van der Waals surface area (Å²) in [5.74, 6) is -0.743. The number of benzene rings is 2. The molecule has 1 fully saturated rings. The topological polar surface area (TPSA) is 74.0 Å². The summed E-state index contributed by atoms with van der Waals surface area (Å²) < 4.78 is 27.1. The molecule has 1 atom stereocenters. The van der Waals surface area contributed by atoms with Crippen molar-refractivity contribution in [1.29, 1.82) is 0 Å². The van der Waals surface area contributed by atoms with E-state index in [1.54, 1.807) is 31.3 Å². The van der Waals surface area contributed by atoms with Crippen molar-refractivity contribution in [1.82, 2.24) is 10.2 Å². The average Bonchev–Trinajstić information content (AvgIpc) is 2.75. The number of hydrogen-bond donors (Lipinski definition) is 2. The Morgan fingerprint density at radius 3 is 2.32 bits per heavy atom. The van der Waals surface area contributed by atoms with E-state index >= 15 is 0 Å². The number of aliphatic imine (C=N–C) groups is 1. The van der Waals surface area contributed by atoms with Gasteiger partial charge >= 0.3 is 0 Å². The van der Waals surface area contributed by atoms with E-state index in [0.29, 0.717) is 50.8 Å². The van der Waals surface area contributed by atoms with E-state index in [2.05, 4.69) is 15.2 Å². The van der Waals surface area contributed by atoms with Crippen LogP contribution in [-0.4, -0.2) is 56.5 Å². The third-order valence-corrected chi connectivity index (χ3v) is 5.29. The van der Waals surface area contributed by atoms with E-state index in [-0.39, 0.29) is 35.6 Å². The second-order valence-electron chi connectivity index (χ2n) is 7.28. The quantitative estimate of drug-likeness (QED) is 0.334. The van der Waals surface area contributed by atoms with Gasteiger partial charge in [-0.05, 0) is 36.2 Å². The van der Waals surface area contributed by atoms with Crippen LogP contribution < -0.4 is 16.0 Å². The number of primary amides is 1. The van der Waals surface area contributed by atoms with Crippen molar-refractivity contribution < 1.29 is 13.6 Å². The van der Waals surface area contributed by atoms with Crippen LogP contribution in [0.1, 0.15) is 5.56 Å². The van der Waals surface area contributed by atoms with Crippen LogP contribution in [0.3, 0.4) is 0 Å². The molecule has 3 N–H and O–H groups in total. The molecule has 0 bridgehead atoms. The summed E-state index contributed by atoms with van der Waals surface area (Å²) in [7, 11) is 1.69. The Morgan fingerprint density at radius 1 is 1.10 bits per heavy atom. The summed E-state index contributed by atoms with van der Waals surface area (Å²) in [5.41, 5.74) is 7.02. The number of halogens is 3. The molecule has 2 aromatic carbocycles. The zero-order chi connectivity index (χ0) is 21.5. The molecule has 0 spiro atoms. The van der Waals surface area contributed by atoms with Crippen molar-refractivity contribution in [2.24, 2.45) is 16.6 Å². The van der Waals surface area contributed by atoms with Crippen molar-refractivity contribution in [2.45, 2.75) is 6.42 Å². The molecule has 1 aliphatic rings. The summed E-state index contributed by atoms with van der Waals surface area (Å²) >= 11 is 0. The molecule has 1 heterocycles. The Kier molecular flexibility index (Phi) is 9.47. The van der Waals surface area contributed by atoms with Crippen LogP contribution in [0, 0.1) is 17.6 Å². The number of carbonyl (C=O) groups is 1. The zero-order valence-corrected chi connectivity index (χ0v) is 19.8. The molecule has 9 heteroatoms. The Labute approximate surface area is 198 Å². The lowest BCUT2D eigenvalue weighted by Crippen LogP contribution is -2.53. The van der Waals surface area contributed by atoms with E-state index in [1.807, 2.05) is 11.0 Å². The number of para-hydroxylation sites is 1. The minimum atomic E-state index is -0.452. The van der Waals surface area contributed by atoms with Crippen molar-refractivity contribution >= 4 is 41.5 Å². The number of guanidine groups is 1. The first-order valence-electron chi connectivity index (χ1n) is 9.96. The highest BCUT2D eigenvalue weighted by Crippen LogP contribution is 2.20. The second kappa shape index (κ2) is 11.8. The Morgan fingerprint density at radius 2 is 1.74 bits per heavy atom. The van der Waals surface area contributed by atoms with Crippen molar-refractivity contribution in [3.05, 3.63) is 65.7 Å². The fourth-order valence-electron chi connectivity index (χ4n) is 3.59. The number of nitrogens with one attached hydrogen (secondary N) is 1. The predicted molar refractivity (Wildman–Crippen MR) is 130 cm³/mol. The number of anilines is 1. The summed E-state index contributed by atoms with van der Waals surface area (Å²) in [6.07, 6.45) is 0.417. The fraction of sp³-hybridized carbons (Fsp3) is 0.364. The summed E-state index contributed by atoms with van der Waals surface area (Å²) in [4.78, 5) is 20.3. The lowest BCUT2D eigenvalue weighted by atomic mass is 9.98. The first kappa shape index (κ1) is 24.8. The highest BCUT2D eigenvalue weighted by Gasteiger charge is 2.23. The number of piperazine rings is 1. The monoisotopic (exact) mass is 543 g/mol. The Hall–Kier alpha value is -2.43. The van der Waals surface area contributed by atoms with Gasteiger partial charge in [0.25, 0.3) is 0 Å². The summed E-state index contributed by atoms with van der Waals surface area (Å²) in [6.45, 7) is 3.00. The molecule has 1 unspecified atom stereocenters. The lowest BCUT2D eigenvalue weighted by Gasteiger charge is -2.38. The van der Waals surface area contributed by atoms with Gasteiger partial charge < -0.3 is 20.9 Å². The van der Waals surface area contributed by atoms with E-state index in [9.17, 15) is 13.6 Å². The fourth-order valence-corrected chi connectivity index (χ4v) is 3.59. The molecule has 1 aliphatic heterocycles. The van der Waals surface area contributed by atoms with Crippen molar-refractivity contribution in [2.75, 3.05) is 44.7 Å². The number of hydrogen-bond acceptors (Lipinski definition) is 3. The zero-order valence-electron chi connectivity index (χ0n) is 17.4. The Balaban J connectivity index is 0.00000341. The van der Waals surface area contributed by atoms with Gasteiger partial charge in [-0.2, -0.15) is 0 Å². The van der Waals surface area contributed by atoms with Gasteiger partial charge in [-0.1, -0.05) is 24.3 Å². The maximum Gasteiger partial charge on any atom is 0.222 e. The van der Waals surface area contributed by atoms with E-state index in [4.69, 9.17) is 5.73 Å². The molecular formula is C22H28F2IN5O. The van der Waals surface area contributed by atoms with Gasteiger partial charge in [0, 0.05) is 39.8 Å². The first-order valence-corrected chi connectivity index (χ1v) is 9.96. The number of amides is 1. The third-order valence-electron chi connectivity index (χ3n) is 5.29. The van der Waals surface area contributed by atoms with Crippen LogP contribution in [0.4, 0.5) is 14.5 Å². The molecule has 6 nitrogen and oxygen atoms in total. The molecular weight excluding hydrogens is 515 g/mol. The third kappa shape index (κ3) is 6.78. The van der Waals surface area contributed by atoms with Gasteiger partial charge in [-0.15, -0.1) is 24.0 Å². The first-order chi connectivity index (χ1) is 14.5. The van der Waals surface area contributed by atoms with Crippen molar-refractivity contribution in [3.63, 3.8) is 0 Å². The van der Waals surface area contributed by atoms with Crippen LogP contribution in [0.2, 0.25) is 0 Å². The van der Waals surface area contributed by atoms with Gasteiger partial charge in [0.15, 0.2) is 5.96 Å². The normalized spacial score (nSPS) is 15.3. The molecule has 2 aromatic rings. The molecule has 31 heavy (non-hydrogen) atoms. The second-order valence-corrected chi connectivity index (χ2v) is 7.28. The van der Waals surface area contributed by atoms with E-state index in [1.165, 1.54) is 18.2 Å². The van der Waals surface area contributed by atoms with Gasteiger partial charge in [0.2, 0.25) is 5.91 Å². The summed E-state index contributed by atoms with van der Waals surface area (Å²) in [5, 5.41) is 3.23. The standard InChI is InChI=1S/C22H27F2N5O.HI/c1-26-22(27-15-17(21(25)30)14-16-6-8-18(23)9-7-16)29-12-10-28(11-13-29)20-5-3-2-4-19(20)24;/h2-9,17H,10-15H2,1H3,(H2,25,30)(H,26,27);1H. The molecule has 168 valence electrons. The molecule has 3 rings (SSSR count). The van der Waals surface area contributed by atoms with Crippen LogP contribution >= 0.6 is 24.0 Å². The maximum absolute atomic E-state index is 14.0. The Bertz CT molecular complexity index is 886. The van der Waals surface area contributed by atoms with Crippen molar-refractivity contribution in [3.8, 4) is 0 Å². The molecule has 1 amide bonds. The summed E-state index contributed by atoms with van der Waals surface area (Å²) in [6, 6.07) is 12.8. The predicted octanol–water partition coefficient (Wildman–Crippen LogP) is 2.62. The van der Waals surface area contributed by atoms with Crippen LogP contribution in [0.5, 0.6) is 0 Å². The van der Waals surface area contributed by atoms with Crippen LogP contribution in [-0.2, 0) is 11.2 Å². The van der Waals surface area contributed by atoms with Crippen LogP contribution in [0.25, 0.3) is 0 Å². The average molecular weight is 543 g/mol. The van der Waals surface area contributed by atoms with Crippen LogP contribution in [0.15, 0.2) is 53.5 Å². The highest BCUT2D eigenvalue weighted by atomic mass is 127. The van der Waals surface area contributed by atoms with Gasteiger partial charge in [-0.3, -0.25) is 9.79 Å². The van der Waals surface area contributed by atoms with E-state index < -0.39 is 11.8 Å². The SMILES string of the molecule is CN=C(NCC(Cc1ccc(F)cc1)C(N)=O)N1CCN(c2ccccc2F)CC1.I. The largest absolute Gasteiger partial charge is 0.369 e. The minimum absolute atomic E-state index is 0. The molecule has 0 radical (unpaired) electrons. The van der Waals surface area contributed by atoms with E-state index in [0.717, 1.165) is 5.56 Å². The molecule has 1 saturated heterocycles. The minimum Gasteiger partial charge on any atom is -0.369 e. The molecule has 0 aromatic heterocycles.